The lowest BCUT2D eigenvalue weighted by molar-refractivity contribution is -0.275. The summed E-state index contributed by atoms with van der Waals surface area (Å²) in [7, 11) is 0. The monoisotopic (exact) mass is 287 g/mol. The highest BCUT2D eigenvalue weighted by molar-refractivity contribution is 6.17. The Labute approximate surface area is 103 Å². The van der Waals surface area contributed by atoms with Gasteiger partial charge in [-0.1, -0.05) is 0 Å². The number of nitrogens with zero attached hydrogens (tertiary/aromatic N) is 1. The van der Waals surface area contributed by atoms with Gasteiger partial charge in [0, 0.05) is 5.56 Å². The topological polar surface area (TPSA) is 59.4 Å². The van der Waals surface area contributed by atoms with Gasteiger partial charge in [-0.05, 0) is 0 Å². The number of aliphatic carboxylic acids is 1. The second kappa shape index (κ2) is 5.38. The first-order valence-electron chi connectivity index (χ1n) is 4.44. The number of halogens is 5. The summed E-state index contributed by atoms with van der Waals surface area (Å²) in [5, 5.41) is 8.52. The summed E-state index contributed by atoms with van der Waals surface area (Å²) < 4.78 is 53.2. The number of alkyl halides is 4. The van der Waals surface area contributed by atoms with E-state index in [2.05, 4.69) is 9.72 Å². The third-order valence-electron chi connectivity index (χ3n) is 1.83. The Bertz CT molecular complexity index is 464. The molecule has 0 aromatic carbocycles. The molecule has 0 aliphatic rings. The number of aromatic nitrogens is 1. The van der Waals surface area contributed by atoms with Crippen LogP contribution in [0.4, 0.5) is 17.6 Å². The summed E-state index contributed by atoms with van der Waals surface area (Å²) in [5.41, 5.74) is -1.13. The molecule has 0 unspecified atom stereocenters. The normalized spacial score (nSPS) is 11.4. The SMILES string of the molecule is O=C(O)Cc1ncc(F)c(CCl)c1OC(F)(F)F. The van der Waals surface area contributed by atoms with E-state index in [4.69, 9.17) is 16.7 Å². The van der Waals surface area contributed by atoms with Crippen molar-refractivity contribution in [3.8, 4) is 5.75 Å². The van der Waals surface area contributed by atoms with Crippen molar-refractivity contribution in [1.29, 1.82) is 0 Å². The summed E-state index contributed by atoms with van der Waals surface area (Å²) in [4.78, 5) is 13.7. The molecule has 1 aromatic rings. The number of carboxylic acids is 1. The van der Waals surface area contributed by atoms with Crippen LogP contribution in [0.2, 0.25) is 0 Å². The van der Waals surface area contributed by atoms with Gasteiger partial charge in [-0.15, -0.1) is 24.8 Å². The average molecular weight is 288 g/mol. The number of hydrogen-bond acceptors (Lipinski definition) is 3. The fourth-order valence-corrected chi connectivity index (χ4v) is 1.43. The maximum absolute atomic E-state index is 13.2. The molecule has 1 N–H and O–H groups in total. The molecule has 0 bridgehead atoms. The molecule has 4 nitrogen and oxygen atoms in total. The zero-order chi connectivity index (χ0) is 13.9. The Morgan fingerprint density at radius 3 is 2.56 bits per heavy atom. The zero-order valence-corrected chi connectivity index (χ0v) is 9.35. The van der Waals surface area contributed by atoms with Gasteiger partial charge in [0.2, 0.25) is 0 Å². The van der Waals surface area contributed by atoms with Crippen LogP contribution in [-0.2, 0) is 17.1 Å². The molecule has 100 valence electrons. The predicted octanol–water partition coefficient (Wildman–Crippen LogP) is 2.49. The molecule has 0 radical (unpaired) electrons. The molecule has 1 heterocycles. The maximum Gasteiger partial charge on any atom is 0.573 e. The lowest BCUT2D eigenvalue weighted by atomic mass is 10.1. The molecular weight excluding hydrogens is 282 g/mol. The van der Waals surface area contributed by atoms with Crippen LogP contribution in [0.5, 0.6) is 5.75 Å². The van der Waals surface area contributed by atoms with E-state index in [1.807, 2.05) is 0 Å². The Balaban J connectivity index is 3.29. The lowest BCUT2D eigenvalue weighted by Gasteiger charge is -2.15. The minimum Gasteiger partial charge on any atom is -0.481 e. The van der Waals surface area contributed by atoms with Crippen molar-refractivity contribution >= 4 is 17.6 Å². The third-order valence-corrected chi connectivity index (χ3v) is 2.10. The van der Waals surface area contributed by atoms with E-state index in [9.17, 15) is 22.4 Å². The molecule has 9 heteroatoms. The van der Waals surface area contributed by atoms with Crippen molar-refractivity contribution < 1.29 is 32.2 Å². The number of carbonyl (C=O) groups is 1. The Kier molecular flexibility index (Phi) is 4.33. The molecule has 0 saturated heterocycles. The summed E-state index contributed by atoms with van der Waals surface area (Å²) in [6.07, 6.45) is -5.33. The van der Waals surface area contributed by atoms with E-state index in [0.29, 0.717) is 6.20 Å². The maximum atomic E-state index is 13.2. The molecular formula is C9H6ClF4NO3. The first-order valence-corrected chi connectivity index (χ1v) is 4.97. The van der Waals surface area contributed by atoms with Crippen LogP contribution in [0.15, 0.2) is 6.20 Å². The van der Waals surface area contributed by atoms with Gasteiger partial charge in [-0.25, -0.2) is 4.39 Å². The van der Waals surface area contributed by atoms with Crippen LogP contribution < -0.4 is 4.74 Å². The van der Waals surface area contributed by atoms with Crippen molar-refractivity contribution in [3.05, 3.63) is 23.3 Å². The summed E-state index contributed by atoms with van der Waals surface area (Å²) in [5.74, 6) is -4.13. The first kappa shape index (κ1) is 14.5. The lowest BCUT2D eigenvalue weighted by Crippen LogP contribution is -2.21. The largest absolute Gasteiger partial charge is 0.573 e. The Morgan fingerprint density at radius 2 is 2.11 bits per heavy atom. The van der Waals surface area contributed by atoms with E-state index in [-0.39, 0.29) is 0 Å². The van der Waals surface area contributed by atoms with Crippen molar-refractivity contribution in [1.82, 2.24) is 4.98 Å². The van der Waals surface area contributed by atoms with E-state index >= 15 is 0 Å². The van der Waals surface area contributed by atoms with Crippen molar-refractivity contribution in [2.45, 2.75) is 18.7 Å². The number of pyridine rings is 1. The fourth-order valence-electron chi connectivity index (χ4n) is 1.18. The van der Waals surface area contributed by atoms with Crippen LogP contribution in [0.3, 0.4) is 0 Å². The van der Waals surface area contributed by atoms with Crippen LogP contribution in [-0.4, -0.2) is 22.4 Å². The number of hydrogen-bond donors (Lipinski definition) is 1. The van der Waals surface area contributed by atoms with Crippen molar-refractivity contribution in [3.63, 3.8) is 0 Å². The zero-order valence-electron chi connectivity index (χ0n) is 8.59. The van der Waals surface area contributed by atoms with Gasteiger partial charge >= 0.3 is 12.3 Å². The van der Waals surface area contributed by atoms with Gasteiger partial charge in [0.1, 0.15) is 5.82 Å². The van der Waals surface area contributed by atoms with Crippen LogP contribution in [0.25, 0.3) is 0 Å². The van der Waals surface area contributed by atoms with E-state index < -0.39 is 47.5 Å². The minimum atomic E-state index is -5.09. The minimum absolute atomic E-state index is 0.545. The molecule has 0 atom stereocenters. The average Bonchev–Trinajstić information content (AvgIpc) is 2.20. The highest BCUT2D eigenvalue weighted by Crippen LogP contribution is 2.32. The van der Waals surface area contributed by atoms with Crippen molar-refractivity contribution in [2.24, 2.45) is 0 Å². The molecule has 0 spiro atoms. The van der Waals surface area contributed by atoms with Crippen LogP contribution >= 0.6 is 11.6 Å². The van der Waals surface area contributed by atoms with E-state index in [1.165, 1.54) is 0 Å². The highest BCUT2D eigenvalue weighted by Gasteiger charge is 2.34. The first-order chi connectivity index (χ1) is 8.24. The Morgan fingerprint density at radius 1 is 1.50 bits per heavy atom. The molecule has 1 aromatic heterocycles. The smallest absolute Gasteiger partial charge is 0.481 e. The van der Waals surface area contributed by atoms with Gasteiger partial charge in [-0.2, -0.15) is 0 Å². The predicted molar refractivity (Wildman–Crippen MR) is 51.8 cm³/mol. The third kappa shape index (κ3) is 3.73. The van der Waals surface area contributed by atoms with Gasteiger partial charge in [0.25, 0.3) is 0 Å². The van der Waals surface area contributed by atoms with Gasteiger partial charge < -0.3 is 9.84 Å². The van der Waals surface area contributed by atoms with Crippen molar-refractivity contribution in [2.75, 3.05) is 0 Å². The van der Waals surface area contributed by atoms with Gasteiger partial charge in [0.15, 0.2) is 5.75 Å². The number of rotatable bonds is 4. The second-order valence-corrected chi connectivity index (χ2v) is 3.38. The second-order valence-electron chi connectivity index (χ2n) is 3.11. The van der Waals surface area contributed by atoms with E-state index in [1.54, 1.807) is 0 Å². The molecule has 0 aliphatic carbocycles. The van der Waals surface area contributed by atoms with Crippen LogP contribution in [0.1, 0.15) is 11.3 Å². The Hall–Kier alpha value is -1.57. The highest BCUT2D eigenvalue weighted by atomic mass is 35.5. The van der Waals surface area contributed by atoms with Crippen LogP contribution in [0, 0.1) is 5.82 Å². The molecule has 1 rings (SSSR count). The quantitative estimate of drug-likeness (QED) is 0.683. The van der Waals surface area contributed by atoms with E-state index in [0.717, 1.165) is 0 Å². The number of ether oxygens (including phenoxy) is 1. The van der Waals surface area contributed by atoms with Gasteiger partial charge in [0.05, 0.1) is 24.2 Å². The molecule has 18 heavy (non-hydrogen) atoms. The molecule has 0 fully saturated rings. The fraction of sp³-hybridized carbons (Fsp3) is 0.333. The molecule has 0 amide bonds. The standard InChI is InChI=1S/C9H6ClF4NO3/c10-2-4-5(11)3-15-6(1-7(16)17)8(4)18-9(12,13)14/h3H,1-2H2,(H,16,17). The number of carboxylic acid groups (broad SMARTS) is 1. The summed E-state index contributed by atoms with van der Waals surface area (Å²) in [6, 6.07) is 0. The van der Waals surface area contributed by atoms with Gasteiger partial charge in [-0.3, -0.25) is 9.78 Å². The molecule has 0 saturated carbocycles. The summed E-state index contributed by atoms with van der Waals surface area (Å²) in [6.45, 7) is 0. The molecule has 0 aliphatic heterocycles. The summed E-state index contributed by atoms with van der Waals surface area (Å²) >= 11 is 5.31.